The molecule has 0 saturated heterocycles. The Balaban J connectivity index is 1.09. The second-order valence-electron chi connectivity index (χ2n) is 15.3. The summed E-state index contributed by atoms with van der Waals surface area (Å²) in [6.45, 7) is -0.219. The second-order valence-corrected chi connectivity index (χ2v) is 15.3. The quantitative estimate of drug-likeness (QED) is 0.172. The molecular weight excluding hydrogens is 703 g/mol. The third-order valence-corrected chi connectivity index (χ3v) is 12.2. The van der Waals surface area contributed by atoms with Gasteiger partial charge in [-0.25, -0.2) is 0 Å². The number of aromatic nitrogens is 2. The number of hydrogen-bond acceptors (Lipinski definition) is 2. The lowest BCUT2D eigenvalue weighted by molar-refractivity contribution is 1.11. The van der Waals surface area contributed by atoms with Crippen molar-refractivity contribution in [3.05, 3.63) is 218 Å². The molecule has 1 N–H and O–H groups in total. The van der Waals surface area contributed by atoms with E-state index in [2.05, 4.69) is 232 Å². The summed E-state index contributed by atoms with van der Waals surface area (Å²) in [5.41, 5.74) is 15.6. The largest absolute Gasteiger partial charge is 0.414 e. The molecule has 0 fully saturated rings. The molecule has 0 saturated carbocycles. The molecule has 58 heavy (non-hydrogen) atoms. The van der Waals surface area contributed by atoms with E-state index < -0.39 is 0 Å². The van der Waals surface area contributed by atoms with Gasteiger partial charge in [0, 0.05) is 61.5 Å². The van der Waals surface area contributed by atoms with E-state index in [0.717, 1.165) is 22.7 Å². The number of fused-ring (bicyclic) bond motifs is 9. The molecule has 0 radical (unpaired) electrons. The molecule has 1 aliphatic heterocycles. The minimum absolute atomic E-state index is 0.184. The molecule has 0 bridgehead atoms. The highest BCUT2D eigenvalue weighted by Crippen LogP contribution is 2.44. The van der Waals surface area contributed by atoms with Crippen LogP contribution >= 0.6 is 0 Å². The van der Waals surface area contributed by atoms with Crippen LogP contribution in [0.2, 0.25) is 0 Å². The van der Waals surface area contributed by atoms with Crippen LogP contribution in [0.3, 0.4) is 0 Å². The number of rotatable bonds is 6. The highest BCUT2D eigenvalue weighted by Gasteiger charge is 2.39. The van der Waals surface area contributed by atoms with Gasteiger partial charge >= 0.3 is 6.98 Å². The maximum absolute atomic E-state index is 4.18. The number of nitrogens with one attached hydrogen (secondary N) is 1. The average molecular weight is 741 g/mol. The minimum Gasteiger partial charge on any atom is -0.405 e. The third-order valence-electron chi connectivity index (χ3n) is 12.2. The molecule has 0 atom stereocenters. The maximum Gasteiger partial charge on any atom is 0.414 e. The van der Waals surface area contributed by atoms with E-state index in [1.807, 2.05) is 0 Å². The van der Waals surface area contributed by atoms with Crippen molar-refractivity contribution in [2.75, 3.05) is 10.0 Å². The summed E-state index contributed by atoms with van der Waals surface area (Å²) in [5.74, 6) is 0.184. The Morgan fingerprint density at radius 3 is 1.66 bits per heavy atom. The van der Waals surface area contributed by atoms with Gasteiger partial charge in [-0.2, -0.15) is 0 Å². The van der Waals surface area contributed by atoms with Crippen molar-refractivity contribution in [1.82, 2.24) is 9.13 Å². The van der Waals surface area contributed by atoms with E-state index in [-0.39, 0.29) is 12.9 Å². The molecule has 2 aromatic heterocycles. The average Bonchev–Trinajstić information content (AvgIpc) is 4.02. The first-order valence-electron chi connectivity index (χ1n) is 20.1. The van der Waals surface area contributed by atoms with Crippen molar-refractivity contribution in [3.8, 4) is 22.5 Å². The van der Waals surface area contributed by atoms with Crippen LogP contribution < -0.4 is 15.5 Å². The van der Waals surface area contributed by atoms with Gasteiger partial charge in [0.1, 0.15) is 0 Å². The second kappa shape index (κ2) is 13.0. The number of anilines is 3. The van der Waals surface area contributed by atoms with E-state index in [4.69, 9.17) is 0 Å². The molecule has 4 nitrogen and oxygen atoms in total. The zero-order chi connectivity index (χ0) is 38.2. The van der Waals surface area contributed by atoms with Gasteiger partial charge in [0.25, 0.3) is 0 Å². The number of hydrogen-bond donors (Lipinski definition) is 1. The van der Waals surface area contributed by atoms with Gasteiger partial charge in [-0.3, -0.25) is 0 Å². The van der Waals surface area contributed by atoms with Gasteiger partial charge in [0.15, 0.2) is 0 Å². The summed E-state index contributed by atoms with van der Waals surface area (Å²) in [5, 5.41) is 9.09. The normalized spacial score (nSPS) is 13.6. The van der Waals surface area contributed by atoms with Crippen molar-refractivity contribution >= 4 is 73.1 Å². The van der Waals surface area contributed by atoms with Crippen molar-refractivity contribution in [3.63, 3.8) is 0 Å². The summed E-state index contributed by atoms with van der Waals surface area (Å²) in [6, 6.07) is 68.6. The first-order valence-corrected chi connectivity index (χ1v) is 20.1. The predicted octanol–water partition coefficient (Wildman–Crippen LogP) is 12.7. The Morgan fingerprint density at radius 2 is 0.966 bits per heavy atom. The fraction of sp³-hybridized carbons (Fsp3) is 0.0189. The highest BCUT2D eigenvalue weighted by molar-refractivity contribution is 6.83. The van der Waals surface area contributed by atoms with Crippen molar-refractivity contribution in [1.29, 1.82) is 0 Å². The number of allylic oxidation sites excluding steroid dienone is 4. The van der Waals surface area contributed by atoms with Crippen LogP contribution in [-0.2, 0) is 0 Å². The molecule has 12 rings (SSSR count). The standard InChI is InChI=1S/C53H37BN4/c1-3-18-38(19-4-1)56-48-27-12-9-23-43(48)46-34-37(30-32-50(46)56)55-54-53-41(36-16-7-8-17-36)25-15-26-45(53)42-22-11-14-29-52(42)58(54)40-31-33-51-47(35-40)44-24-10-13-28-49(44)57(51)39-20-5-2-6-21-39/h1-36,55H. The summed E-state index contributed by atoms with van der Waals surface area (Å²) < 4.78 is 4.77. The Bertz CT molecular complexity index is 3270. The molecular formula is C53H37BN4. The van der Waals surface area contributed by atoms with Crippen LogP contribution in [0.25, 0.3) is 66.1 Å². The fourth-order valence-corrected chi connectivity index (χ4v) is 9.70. The van der Waals surface area contributed by atoms with E-state index in [0.29, 0.717) is 0 Å². The predicted molar refractivity (Wildman–Crippen MR) is 246 cm³/mol. The van der Waals surface area contributed by atoms with Gasteiger partial charge in [-0.1, -0.05) is 133 Å². The summed E-state index contributed by atoms with van der Waals surface area (Å²) in [7, 11) is 0. The Labute approximate surface area is 337 Å². The van der Waals surface area contributed by atoms with Crippen LogP contribution in [0.4, 0.5) is 17.1 Å². The molecule has 0 spiro atoms. The van der Waals surface area contributed by atoms with Crippen LogP contribution in [0.5, 0.6) is 0 Å². The molecule has 272 valence electrons. The van der Waals surface area contributed by atoms with Gasteiger partial charge in [0.05, 0.1) is 22.1 Å². The molecule has 1 aliphatic carbocycles. The number of benzene rings is 8. The lowest BCUT2D eigenvalue weighted by Crippen LogP contribution is -2.56. The van der Waals surface area contributed by atoms with Gasteiger partial charge in [-0.15, -0.1) is 0 Å². The molecule has 10 aromatic rings. The van der Waals surface area contributed by atoms with E-state index in [1.165, 1.54) is 71.5 Å². The molecule has 3 heterocycles. The van der Waals surface area contributed by atoms with Crippen LogP contribution in [-0.4, -0.2) is 16.1 Å². The van der Waals surface area contributed by atoms with E-state index in [9.17, 15) is 0 Å². The Kier molecular flexibility index (Phi) is 7.36. The van der Waals surface area contributed by atoms with Crippen LogP contribution in [0.15, 0.2) is 212 Å². The summed E-state index contributed by atoms with van der Waals surface area (Å²) >= 11 is 0. The zero-order valence-electron chi connectivity index (χ0n) is 31.7. The maximum atomic E-state index is 4.18. The van der Waals surface area contributed by atoms with E-state index in [1.54, 1.807) is 0 Å². The topological polar surface area (TPSA) is 25.1 Å². The lowest BCUT2D eigenvalue weighted by Gasteiger charge is -2.40. The van der Waals surface area contributed by atoms with Crippen LogP contribution in [0.1, 0.15) is 11.5 Å². The summed E-state index contributed by atoms with van der Waals surface area (Å²) in [4.78, 5) is 2.54. The Morgan fingerprint density at radius 1 is 0.414 bits per heavy atom. The van der Waals surface area contributed by atoms with Gasteiger partial charge in [0.2, 0.25) is 0 Å². The number of para-hydroxylation sites is 5. The lowest BCUT2D eigenvalue weighted by atomic mass is 9.57. The van der Waals surface area contributed by atoms with E-state index >= 15 is 0 Å². The monoisotopic (exact) mass is 740 g/mol. The molecule has 8 aromatic carbocycles. The number of nitrogens with zero attached hydrogens (tertiary/aromatic N) is 3. The zero-order valence-corrected chi connectivity index (χ0v) is 31.7. The Hall–Kier alpha value is -7.50. The van der Waals surface area contributed by atoms with Crippen molar-refractivity contribution < 1.29 is 0 Å². The minimum atomic E-state index is -0.219. The van der Waals surface area contributed by atoms with Gasteiger partial charge < -0.3 is 19.2 Å². The fourth-order valence-electron chi connectivity index (χ4n) is 9.70. The first-order chi connectivity index (χ1) is 28.8. The highest BCUT2D eigenvalue weighted by atomic mass is 15.2. The molecule has 5 heteroatoms. The third kappa shape index (κ3) is 4.96. The van der Waals surface area contributed by atoms with Gasteiger partial charge in [-0.05, 0) is 95.5 Å². The molecule has 0 unspecified atom stereocenters. The SMILES string of the molecule is C1=CC(c2cccc3c2B(Nc2ccc4c(c2)c2ccccc2n4-c2ccccc2)N(c2ccc4c(c2)c2ccccc2n4-c2ccccc2)c2ccccc2-3)C=C1. The smallest absolute Gasteiger partial charge is 0.405 e. The van der Waals surface area contributed by atoms with Crippen LogP contribution in [0, 0.1) is 0 Å². The summed E-state index contributed by atoms with van der Waals surface area (Å²) in [6.07, 6.45) is 8.97. The van der Waals surface area contributed by atoms with Crippen molar-refractivity contribution in [2.45, 2.75) is 5.92 Å². The first kappa shape index (κ1) is 32.7. The molecule has 0 amide bonds. The van der Waals surface area contributed by atoms with Crippen molar-refractivity contribution in [2.24, 2.45) is 0 Å². The molecule has 2 aliphatic rings.